The highest BCUT2D eigenvalue weighted by Crippen LogP contribution is 2.28. The van der Waals surface area contributed by atoms with Gasteiger partial charge in [0.15, 0.2) is 0 Å². The standard InChI is InChI=1S/C13H15N3O/c1-9-3-2-4-12-15-11(8-16(9)12)7-14-13(17)10-5-6-10/h2-4,8,10H,5-7H2,1H3,(H,14,17). The van der Waals surface area contributed by atoms with E-state index in [9.17, 15) is 4.79 Å². The third-order valence-electron chi connectivity index (χ3n) is 3.14. The van der Waals surface area contributed by atoms with Crippen molar-refractivity contribution in [3.05, 3.63) is 35.8 Å². The first kappa shape index (κ1) is 10.3. The molecule has 0 aromatic carbocycles. The van der Waals surface area contributed by atoms with Crippen LogP contribution in [0.3, 0.4) is 0 Å². The van der Waals surface area contributed by atoms with Crippen molar-refractivity contribution in [2.24, 2.45) is 5.92 Å². The Kier molecular flexibility index (Phi) is 2.35. The molecule has 0 bridgehead atoms. The van der Waals surface area contributed by atoms with Crippen molar-refractivity contribution in [3.63, 3.8) is 0 Å². The van der Waals surface area contributed by atoms with Gasteiger partial charge in [-0.1, -0.05) is 6.07 Å². The highest BCUT2D eigenvalue weighted by molar-refractivity contribution is 5.80. The number of rotatable bonds is 3. The number of hydrogen-bond donors (Lipinski definition) is 1. The van der Waals surface area contributed by atoms with Crippen molar-refractivity contribution in [2.75, 3.05) is 0 Å². The molecule has 1 saturated carbocycles. The summed E-state index contributed by atoms with van der Waals surface area (Å²) in [5, 5.41) is 2.93. The summed E-state index contributed by atoms with van der Waals surface area (Å²) in [7, 11) is 0. The Labute approximate surface area is 99.7 Å². The molecule has 1 amide bonds. The molecule has 0 saturated heterocycles. The first-order valence-electron chi connectivity index (χ1n) is 5.95. The Morgan fingerprint density at radius 3 is 3.06 bits per heavy atom. The molecule has 4 heteroatoms. The van der Waals surface area contributed by atoms with Gasteiger partial charge in [-0.2, -0.15) is 0 Å². The lowest BCUT2D eigenvalue weighted by molar-refractivity contribution is -0.122. The first-order chi connectivity index (χ1) is 8.24. The Balaban J connectivity index is 1.76. The zero-order valence-electron chi connectivity index (χ0n) is 9.81. The number of amides is 1. The van der Waals surface area contributed by atoms with Gasteiger partial charge in [0.2, 0.25) is 5.91 Å². The average Bonchev–Trinajstić information content (AvgIpc) is 3.07. The van der Waals surface area contributed by atoms with Crippen molar-refractivity contribution in [3.8, 4) is 0 Å². The van der Waals surface area contributed by atoms with Crippen LogP contribution in [0.15, 0.2) is 24.4 Å². The number of pyridine rings is 1. The Bertz CT molecular complexity index is 569. The van der Waals surface area contributed by atoms with E-state index >= 15 is 0 Å². The lowest BCUT2D eigenvalue weighted by Crippen LogP contribution is -2.24. The largest absolute Gasteiger partial charge is 0.350 e. The first-order valence-corrected chi connectivity index (χ1v) is 5.95. The maximum Gasteiger partial charge on any atom is 0.223 e. The van der Waals surface area contributed by atoms with E-state index in [-0.39, 0.29) is 11.8 Å². The molecule has 0 radical (unpaired) electrons. The van der Waals surface area contributed by atoms with Crippen LogP contribution >= 0.6 is 0 Å². The summed E-state index contributed by atoms with van der Waals surface area (Å²) in [5.74, 6) is 0.424. The molecule has 88 valence electrons. The Morgan fingerprint density at radius 1 is 1.53 bits per heavy atom. The van der Waals surface area contributed by atoms with Crippen molar-refractivity contribution in [2.45, 2.75) is 26.3 Å². The van der Waals surface area contributed by atoms with Gasteiger partial charge in [-0.3, -0.25) is 4.79 Å². The second kappa shape index (κ2) is 3.87. The molecule has 1 aliphatic rings. The van der Waals surface area contributed by atoms with Gasteiger partial charge in [-0.05, 0) is 31.9 Å². The van der Waals surface area contributed by atoms with Crippen LogP contribution in [-0.4, -0.2) is 15.3 Å². The van der Waals surface area contributed by atoms with Gasteiger partial charge in [0, 0.05) is 17.8 Å². The van der Waals surface area contributed by atoms with Gasteiger partial charge in [0.05, 0.1) is 12.2 Å². The summed E-state index contributed by atoms with van der Waals surface area (Å²) < 4.78 is 2.04. The summed E-state index contributed by atoms with van der Waals surface area (Å²) in [6.45, 7) is 2.57. The summed E-state index contributed by atoms with van der Waals surface area (Å²) in [5.41, 5.74) is 2.99. The van der Waals surface area contributed by atoms with Crippen LogP contribution in [0.2, 0.25) is 0 Å². The van der Waals surface area contributed by atoms with Crippen molar-refractivity contribution in [1.29, 1.82) is 0 Å². The van der Waals surface area contributed by atoms with E-state index in [2.05, 4.69) is 10.3 Å². The monoisotopic (exact) mass is 229 g/mol. The van der Waals surface area contributed by atoms with E-state index in [0.29, 0.717) is 6.54 Å². The molecule has 0 atom stereocenters. The SMILES string of the molecule is Cc1cccc2nc(CNC(=O)C3CC3)cn12. The number of aryl methyl sites for hydroxylation is 1. The number of nitrogens with one attached hydrogen (secondary N) is 1. The molecule has 1 N–H and O–H groups in total. The lowest BCUT2D eigenvalue weighted by Gasteiger charge is -1.99. The van der Waals surface area contributed by atoms with Gasteiger partial charge >= 0.3 is 0 Å². The van der Waals surface area contributed by atoms with Crippen LogP contribution in [-0.2, 0) is 11.3 Å². The number of aromatic nitrogens is 2. The maximum absolute atomic E-state index is 11.5. The molecule has 17 heavy (non-hydrogen) atoms. The van der Waals surface area contributed by atoms with E-state index in [0.717, 1.165) is 29.9 Å². The molecule has 2 heterocycles. The number of imidazole rings is 1. The van der Waals surface area contributed by atoms with Gasteiger partial charge in [-0.15, -0.1) is 0 Å². The minimum atomic E-state index is 0.166. The number of carbonyl (C=O) groups excluding carboxylic acids is 1. The number of hydrogen-bond acceptors (Lipinski definition) is 2. The second-order valence-corrected chi connectivity index (χ2v) is 4.62. The van der Waals surface area contributed by atoms with Crippen LogP contribution in [0.25, 0.3) is 5.65 Å². The molecular weight excluding hydrogens is 214 g/mol. The molecule has 1 aliphatic carbocycles. The molecule has 0 unspecified atom stereocenters. The third-order valence-corrected chi connectivity index (χ3v) is 3.14. The number of nitrogens with zero attached hydrogens (tertiary/aromatic N) is 2. The predicted molar refractivity (Wildman–Crippen MR) is 64.5 cm³/mol. The van der Waals surface area contributed by atoms with E-state index in [1.807, 2.05) is 35.7 Å². The van der Waals surface area contributed by atoms with Crippen molar-refractivity contribution >= 4 is 11.6 Å². The third kappa shape index (κ3) is 2.02. The summed E-state index contributed by atoms with van der Waals surface area (Å²) >= 11 is 0. The van der Waals surface area contributed by atoms with E-state index < -0.39 is 0 Å². The smallest absolute Gasteiger partial charge is 0.223 e. The van der Waals surface area contributed by atoms with Crippen LogP contribution < -0.4 is 5.32 Å². The molecule has 1 fully saturated rings. The molecule has 0 aliphatic heterocycles. The van der Waals surface area contributed by atoms with Crippen LogP contribution in [0.4, 0.5) is 0 Å². The van der Waals surface area contributed by atoms with Gasteiger partial charge in [-0.25, -0.2) is 4.98 Å². The van der Waals surface area contributed by atoms with Gasteiger partial charge in [0.25, 0.3) is 0 Å². The highest BCUT2D eigenvalue weighted by Gasteiger charge is 2.29. The van der Waals surface area contributed by atoms with E-state index in [4.69, 9.17) is 0 Å². The quantitative estimate of drug-likeness (QED) is 0.870. The van der Waals surface area contributed by atoms with E-state index in [1.165, 1.54) is 0 Å². The highest BCUT2D eigenvalue weighted by atomic mass is 16.2. The summed E-state index contributed by atoms with van der Waals surface area (Å²) in [6.07, 6.45) is 4.06. The van der Waals surface area contributed by atoms with Crippen molar-refractivity contribution < 1.29 is 4.79 Å². The summed E-state index contributed by atoms with van der Waals surface area (Å²) in [6, 6.07) is 6.00. The maximum atomic E-state index is 11.5. The minimum absolute atomic E-state index is 0.166. The van der Waals surface area contributed by atoms with Gasteiger partial charge in [0.1, 0.15) is 5.65 Å². The number of fused-ring (bicyclic) bond motifs is 1. The van der Waals surface area contributed by atoms with Gasteiger partial charge < -0.3 is 9.72 Å². The molecule has 0 spiro atoms. The topological polar surface area (TPSA) is 46.4 Å². The minimum Gasteiger partial charge on any atom is -0.350 e. The second-order valence-electron chi connectivity index (χ2n) is 4.62. The number of carbonyl (C=O) groups is 1. The average molecular weight is 229 g/mol. The fourth-order valence-electron chi connectivity index (χ4n) is 1.95. The lowest BCUT2D eigenvalue weighted by atomic mass is 10.3. The van der Waals surface area contributed by atoms with E-state index in [1.54, 1.807) is 0 Å². The molecule has 4 nitrogen and oxygen atoms in total. The zero-order valence-corrected chi connectivity index (χ0v) is 9.81. The van der Waals surface area contributed by atoms with Crippen molar-refractivity contribution in [1.82, 2.24) is 14.7 Å². The fraction of sp³-hybridized carbons (Fsp3) is 0.385. The molecular formula is C13H15N3O. The Hall–Kier alpha value is -1.84. The molecule has 2 aromatic heterocycles. The molecule has 3 rings (SSSR count). The Morgan fingerprint density at radius 2 is 2.35 bits per heavy atom. The fourth-order valence-corrected chi connectivity index (χ4v) is 1.95. The molecule has 2 aromatic rings. The van der Waals surface area contributed by atoms with Crippen LogP contribution in [0.5, 0.6) is 0 Å². The van der Waals surface area contributed by atoms with Crippen LogP contribution in [0, 0.1) is 12.8 Å². The summed E-state index contributed by atoms with van der Waals surface area (Å²) in [4.78, 5) is 16.0. The van der Waals surface area contributed by atoms with Crippen LogP contribution in [0.1, 0.15) is 24.2 Å². The normalized spacial score (nSPS) is 15.1. The predicted octanol–water partition coefficient (Wildman–Crippen LogP) is 1.67. The zero-order chi connectivity index (χ0) is 11.8.